The van der Waals surface area contributed by atoms with Gasteiger partial charge in [0, 0.05) is 6.04 Å². The molecule has 0 unspecified atom stereocenters. The van der Waals surface area contributed by atoms with E-state index in [4.69, 9.17) is 0 Å². The van der Waals surface area contributed by atoms with Crippen LogP contribution in [0, 0.1) is 0 Å². The van der Waals surface area contributed by atoms with Gasteiger partial charge in [0.05, 0.1) is 0 Å². The summed E-state index contributed by atoms with van der Waals surface area (Å²) in [6, 6.07) is 0.815. The van der Waals surface area contributed by atoms with Gasteiger partial charge in [0.25, 0.3) is 0 Å². The van der Waals surface area contributed by atoms with E-state index in [1.807, 2.05) is 13.8 Å². The number of rotatable bonds is 5. The Kier molecular flexibility index (Phi) is 13.2. The quantitative estimate of drug-likeness (QED) is 0.614. The minimum absolute atomic E-state index is 0.815. The molecule has 0 fully saturated rings. The third-order valence-corrected chi connectivity index (χ3v) is 1.97. The monoisotopic (exact) mass is 173 g/mol. The van der Waals surface area contributed by atoms with Gasteiger partial charge in [-0.05, 0) is 26.9 Å². The van der Waals surface area contributed by atoms with Crippen molar-refractivity contribution >= 4 is 0 Å². The summed E-state index contributed by atoms with van der Waals surface area (Å²) >= 11 is 0. The lowest BCUT2D eigenvalue weighted by Crippen LogP contribution is -2.27. The maximum Gasteiger partial charge on any atom is 0.00889 e. The summed E-state index contributed by atoms with van der Waals surface area (Å²) in [5.41, 5.74) is 0. The highest BCUT2D eigenvalue weighted by Crippen LogP contribution is 2.08. The van der Waals surface area contributed by atoms with Gasteiger partial charge in [0.15, 0.2) is 0 Å². The Morgan fingerprint density at radius 2 is 1.25 bits per heavy atom. The molecular weight excluding hydrogens is 146 g/mol. The fraction of sp³-hybridized carbons (Fsp3) is 1.00. The van der Waals surface area contributed by atoms with E-state index in [2.05, 4.69) is 32.8 Å². The molecule has 1 nitrogen and oxygen atoms in total. The fourth-order valence-electron chi connectivity index (χ4n) is 1.33. The number of nitrogens with zero attached hydrogens (tertiary/aromatic N) is 1. The molecule has 0 rings (SSSR count). The molecule has 0 aromatic carbocycles. The summed E-state index contributed by atoms with van der Waals surface area (Å²) in [5, 5.41) is 0. The van der Waals surface area contributed by atoms with E-state index in [9.17, 15) is 0 Å². The minimum atomic E-state index is 0.815. The van der Waals surface area contributed by atoms with Crippen molar-refractivity contribution in [2.75, 3.05) is 14.1 Å². The lowest BCUT2D eigenvalue weighted by molar-refractivity contribution is 0.261. The zero-order valence-corrected chi connectivity index (χ0v) is 9.85. The van der Waals surface area contributed by atoms with Crippen LogP contribution >= 0.6 is 0 Å². The Morgan fingerprint density at radius 1 is 0.917 bits per heavy atom. The van der Waals surface area contributed by atoms with E-state index < -0.39 is 0 Å². The normalized spacial score (nSPS) is 10.0. The Labute approximate surface area is 79.2 Å². The van der Waals surface area contributed by atoms with Crippen LogP contribution in [0.25, 0.3) is 0 Å². The highest BCUT2D eigenvalue weighted by Gasteiger charge is 2.07. The standard InChI is InChI=1S/C9H21N.C2H6/c1-5-7-9(8-6-2)10(3)4;1-2/h9H,5-8H2,1-4H3;1-2H3. The van der Waals surface area contributed by atoms with E-state index in [0.29, 0.717) is 0 Å². The van der Waals surface area contributed by atoms with Crippen LogP contribution in [0.2, 0.25) is 0 Å². The summed E-state index contributed by atoms with van der Waals surface area (Å²) < 4.78 is 0. The highest BCUT2D eigenvalue weighted by molar-refractivity contribution is 4.63. The topological polar surface area (TPSA) is 3.24 Å². The molecule has 0 saturated heterocycles. The molecule has 0 amide bonds. The maximum atomic E-state index is 2.34. The Bertz CT molecular complexity index is 63.4. The molecule has 0 spiro atoms. The molecule has 0 atom stereocenters. The van der Waals surface area contributed by atoms with E-state index in [-0.39, 0.29) is 0 Å². The first-order chi connectivity index (χ1) is 5.72. The van der Waals surface area contributed by atoms with Crippen molar-refractivity contribution in [2.24, 2.45) is 0 Å². The van der Waals surface area contributed by atoms with Crippen molar-refractivity contribution in [2.45, 2.75) is 59.4 Å². The lowest BCUT2D eigenvalue weighted by atomic mass is 10.1. The highest BCUT2D eigenvalue weighted by atomic mass is 15.1. The lowest BCUT2D eigenvalue weighted by Gasteiger charge is -2.22. The van der Waals surface area contributed by atoms with Crippen LogP contribution in [0.4, 0.5) is 0 Å². The third kappa shape index (κ3) is 8.06. The first kappa shape index (κ1) is 14.5. The molecule has 76 valence electrons. The molecule has 0 heterocycles. The van der Waals surface area contributed by atoms with Crippen LogP contribution in [0.3, 0.4) is 0 Å². The average Bonchev–Trinajstić information content (AvgIpc) is 2.08. The molecule has 0 radical (unpaired) electrons. The molecular formula is C11H27N. The molecule has 0 bridgehead atoms. The molecule has 0 aliphatic carbocycles. The maximum absolute atomic E-state index is 2.34. The zero-order chi connectivity index (χ0) is 9.98. The van der Waals surface area contributed by atoms with Crippen LogP contribution in [0.5, 0.6) is 0 Å². The van der Waals surface area contributed by atoms with Crippen LogP contribution in [0.15, 0.2) is 0 Å². The van der Waals surface area contributed by atoms with Crippen LogP contribution in [-0.2, 0) is 0 Å². The van der Waals surface area contributed by atoms with Crippen LogP contribution < -0.4 is 0 Å². The van der Waals surface area contributed by atoms with E-state index >= 15 is 0 Å². The minimum Gasteiger partial charge on any atom is -0.306 e. The van der Waals surface area contributed by atoms with Gasteiger partial charge in [-0.15, -0.1) is 0 Å². The summed E-state index contributed by atoms with van der Waals surface area (Å²) in [6.07, 6.45) is 5.31. The van der Waals surface area contributed by atoms with Gasteiger partial charge < -0.3 is 4.90 Å². The van der Waals surface area contributed by atoms with Gasteiger partial charge in [0.1, 0.15) is 0 Å². The summed E-state index contributed by atoms with van der Waals surface area (Å²) in [6.45, 7) is 8.51. The predicted molar refractivity (Wildman–Crippen MR) is 58.6 cm³/mol. The molecule has 0 saturated carbocycles. The Hall–Kier alpha value is -0.0400. The Balaban J connectivity index is 0. The van der Waals surface area contributed by atoms with E-state index in [1.165, 1.54) is 25.7 Å². The van der Waals surface area contributed by atoms with Crippen molar-refractivity contribution in [1.82, 2.24) is 4.90 Å². The molecule has 12 heavy (non-hydrogen) atoms. The van der Waals surface area contributed by atoms with Crippen molar-refractivity contribution in [3.05, 3.63) is 0 Å². The molecule has 1 heteroatoms. The average molecular weight is 173 g/mol. The van der Waals surface area contributed by atoms with Crippen LogP contribution in [-0.4, -0.2) is 25.0 Å². The van der Waals surface area contributed by atoms with Crippen molar-refractivity contribution in [1.29, 1.82) is 0 Å². The summed E-state index contributed by atoms with van der Waals surface area (Å²) in [4.78, 5) is 2.34. The van der Waals surface area contributed by atoms with Crippen molar-refractivity contribution < 1.29 is 0 Å². The summed E-state index contributed by atoms with van der Waals surface area (Å²) in [5.74, 6) is 0. The molecule has 0 aromatic rings. The molecule has 0 N–H and O–H groups in total. The number of hydrogen-bond donors (Lipinski definition) is 0. The van der Waals surface area contributed by atoms with Gasteiger partial charge >= 0.3 is 0 Å². The largest absolute Gasteiger partial charge is 0.306 e. The van der Waals surface area contributed by atoms with Gasteiger partial charge in [-0.25, -0.2) is 0 Å². The van der Waals surface area contributed by atoms with Gasteiger partial charge in [0.2, 0.25) is 0 Å². The van der Waals surface area contributed by atoms with Gasteiger partial charge in [-0.3, -0.25) is 0 Å². The second-order valence-corrected chi connectivity index (χ2v) is 3.19. The zero-order valence-electron chi connectivity index (χ0n) is 9.85. The predicted octanol–water partition coefficient (Wildman–Crippen LogP) is 3.54. The SMILES string of the molecule is CC.CCCC(CCC)N(C)C. The first-order valence-electron chi connectivity index (χ1n) is 5.38. The third-order valence-electron chi connectivity index (χ3n) is 1.97. The Morgan fingerprint density at radius 3 is 1.42 bits per heavy atom. The van der Waals surface area contributed by atoms with Gasteiger partial charge in [-0.2, -0.15) is 0 Å². The van der Waals surface area contributed by atoms with E-state index in [1.54, 1.807) is 0 Å². The molecule has 0 aliphatic heterocycles. The second-order valence-electron chi connectivity index (χ2n) is 3.19. The van der Waals surface area contributed by atoms with Crippen molar-refractivity contribution in [3.8, 4) is 0 Å². The molecule has 0 aliphatic rings. The van der Waals surface area contributed by atoms with Crippen molar-refractivity contribution in [3.63, 3.8) is 0 Å². The van der Waals surface area contributed by atoms with Crippen LogP contribution in [0.1, 0.15) is 53.4 Å². The second kappa shape index (κ2) is 11.0. The van der Waals surface area contributed by atoms with Gasteiger partial charge in [-0.1, -0.05) is 40.5 Å². The summed E-state index contributed by atoms with van der Waals surface area (Å²) in [7, 11) is 4.35. The first-order valence-corrected chi connectivity index (χ1v) is 5.38. The van der Waals surface area contributed by atoms with E-state index in [0.717, 1.165) is 6.04 Å². The molecule has 0 aromatic heterocycles. The fourth-order valence-corrected chi connectivity index (χ4v) is 1.33. The smallest absolute Gasteiger partial charge is 0.00889 e. The number of hydrogen-bond acceptors (Lipinski definition) is 1.